The van der Waals surface area contributed by atoms with E-state index in [1.54, 1.807) is 0 Å². The molecule has 1 aromatic carbocycles. The van der Waals surface area contributed by atoms with Crippen LogP contribution in [0.5, 0.6) is 5.75 Å². The third-order valence-corrected chi connectivity index (χ3v) is 2.41. The first kappa shape index (κ1) is 12.8. The summed E-state index contributed by atoms with van der Waals surface area (Å²) in [7, 11) is 0. The molecule has 0 aliphatic heterocycles. The Hall–Kier alpha value is -1.31. The molecule has 1 aromatic rings. The highest BCUT2D eigenvalue weighted by atomic mass is 16.5. The Morgan fingerprint density at radius 1 is 1.12 bits per heavy atom. The van der Waals surface area contributed by atoms with Gasteiger partial charge in [0.2, 0.25) is 0 Å². The molecular formula is C14H20O2. The number of hydrogen-bond acceptors (Lipinski definition) is 2. The van der Waals surface area contributed by atoms with Crippen LogP contribution in [-0.4, -0.2) is 12.4 Å². The number of hydrogen-bond donors (Lipinski definition) is 0. The number of carbonyl (C=O) groups excluding carboxylic acids is 1. The molecule has 0 unspecified atom stereocenters. The van der Waals surface area contributed by atoms with E-state index in [9.17, 15) is 4.79 Å². The number of ether oxygens (including phenoxy) is 1. The van der Waals surface area contributed by atoms with Gasteiger partial charge in [-0.1, -0.05) is 20.3 Å². The summed E-state index contributed by atoms with van der Waals surface area (Å²) in [4.78, 5) is 11.7. The van der Waals surface area contributed by atoms with E-state index in [4.69, 9.17) is 4.74 Å². The number of carbonyl (C=O) groups is 1. The van der Waals surface area contributed by atoms with E-state index in [2.05, 4.69) is 13.8 Å². The molecule has 0 bridgehead atoms. The lowest BCUT2D eigenvalue weighted by atomic mass is 10.1. The summed E-state index contributed by atoms with van der Waals surface area (Å²) in [5, 5.41) is 0. The zero-order chi connectivity index (χ0) is 11.8. The number of ketones is 1. The van der Waals surface area contributed by atoms with Gasteiger partial charge in [-0.2, -0.15) is 0 Å². The summed E-state index contributed by atoms with van der Waals surface area (Å²) >= 11 is 0. The Balaban J connectivity index is 2.53. The minimum Gasteiger partial charge on any atom is -0.494 e. The first-order valence-electron chi connectivity index (χ1n) is 6.04. The van der Waals surface area contributed by atoms with Crippen molar-refractivity contribution < 1.29 is 9.53 Å². The second-order valence-electron chi connectivity index (χ2n) is 3.90. The molecular weight excluding hydrogens is 200 g/mol. The largest absolute Gasteiger partial charge is 0.494 e. The molecule has 1 rings (SSSR count). The number of Topliss-reactive ketones (excluding diaryl/α,β-unsaturated/α-hetero) is 1. The molecule has 0 aliphatic carbocycles. The maximum absolute atomic E-state index is 11.7. The second kappa shape index (κ2) is 7.04. The first-order valence-corrected chi connectivity index (χ1v) is 6.04. The molecule has 2 nitrogen and oxygen atoms in total. The summed E-state index contributed by atoms with van der Waals surface area (Å²) in [5.74, 6) is 1.07. The zero-order valence-electron chi connectivity index (χ0n) is 10.2. The summed E-state index contributed by atoms with van der Waals surface area (Å²) in [5.41, 5.74) is 0.789. The monoisotopic (exact) mass is 220 g/mol. The van der Waals surface area contributed by atoms with Gasteiger partial charge in [0.15, 0.2) is 5.78 Å². The van der Waals surface area contributed by atoms with Gasteiger partial charge in [-0.25, -0.2) is 0 Å². The van der Waals surface area contributed by atoms with Gasteiger partial charge in [0.1, 0.15) is 5.75 Å². The van der Waals surface area contributed by atoms with E-state index in [1.807, 2.05) is 24.3 Å². The van der Waals surface area contributed by atoms with Gasteiger partial charge in [0, 0.05) is 12.0 Å². The van der Waals surface area contributed by atoms with Gasteiger partial charge in [0.25, 0.3) is 0 Å². The quantitative estimate of drug-likeness (QED) is 0.652. The van der Waals surface area contributed by atoms with Gasteiger partial charge in [-0.15, -0.1) is 0 Å². The third-order valence-electron chi connectivity index (χ3n) is 2.41. The fourth-order valence-electron chi connectivity index (χ4n) is 1.44. The van der Waals surface area contributed by atoms with Gasteiger partial charge in [-0.05, 0) is 37.1 Å². The Bertz CT molecular complexity index is 314. The maximum atomic E-state index is 11.7. The molecule has 16 heavy (non-hydrogen) atoms. The molecule has 0 N–H and O–H groups in total. The minimum absolute atomic E-state index is 0.226. The average Bonchev–Trinajstić information content (AvgIpc) is 2.34. The number of rotatable bonds is 7. The SMILES string of the molecule is CCCCC(=O)c1ccc(OCCC)cc1. The molecule has 0 spiro atoms. The Morgan fingerprint density at radius 2 is 1.81 bits per heavy atom. The molecule has 0 amide bonds. The van der Waals surface area contributed by atoms with Crippen molar-refractivity contribution in [2.24, 2.45) is 0 Å². The summed E-state index contributed by atoms with van der Waals surface area (Å²) in [6, 6.07) is 7.44. The van der Waals surface area contributed by atoms with Crippen LogP contribution >= 0.6 is 0 Å². The fourth-order valence-corrected chi connectivity index (χ4v) is 1.44. The van der Waals surface area contributed by atoms with Crippen LogP contribution in [0.2, 0.25) is 0 Å². The Kier molecular flexibility index (Phi) is 5.62. The molecule has 0 heterocycles. The Morgan fingerprint density at radius 3 is 2.38 bits per heavy atom. The lowest BCUT2D eigenvalue weighted by Crippen LogP contribution is -1.99. The van der Waals surface area contributed by atoms with Crippen LogP contribution in [0.3, 0.4) is 0 Å². The summed E-state index contributed by atoms with van der Waals surface area (Å²) < 4.78 is 5.46. The molecule has 0 radical (unpaired) electrons. The lowest BCUT2D eigenvalue weighted by Gasteiger charge is -2.05. The molecule has 0 saturated heterocycles. The molecule has 0 atom stereocenters. The molecule has 0 aliphatic rings. The molecule has 0 aromatic heterocycles. The van der Waals surface area contributed by atoms with Crippen LogP contribution in [0.15, 0.2) is 24.3 Å². The normalized spacial score (nSPS) is 10.1. The van der Waals surface area contributed by atoms with Crippen LogP contribution in [0.1, 0.15) is 49.9 Å². The van der Waals surface area contributed by atoms with Gasteiger partial charge in [0.05, 0.1) is 6.61 Å². The highest BCUT2D eigenvalue weighted by molar-refractivity contribution is 5.96. The van der Waals surface area contributed by atoms with E-state index in [0.717, 1.165) is 37.2 Å². The topological polar surface area (TPSA) is 26.3 Å². The molecule has 88 valence electrons. The number of benzene rings is 1. The van der Waals surface area contributed by atoms with E-state index in [-0.39, 0.29) is 5.78 Å². The van der Waals surface area contributed by atoms with Crippen molar-refractivity contribution in [2.45, 2.75) is 39.5 Å². The van der Waals surface area contributed by atoms with Crippen LogP contribution in [-0.2, 0) is 0 Å². The van der Waals surface area contributed by atoms with Crippen molar-refractivity contribution in [1.82, 2.24) is 0 Å². The van der Waals surface area contributed by atoms with Gasteiger partial charge < -0.3 is 4.74 Å². The van der Waals surface area contributed by atoms with Crippen LogP contribution in [0.4, 0.5) is 0 Å². The van der Waals surface area contributed by atoms with E-state index >= 15 is 0 Å². The van der Waals surface area contributed by atoms with Gasteiger partial charge >= 0.3 is 0 Å². The smallest absolute Gasteiger partial charge is 0.162 e. The van der Waals surface area contributed by atoms with Gasteiger partial charge in [-0.3, -0.25) is 4.79 Å². The second-order valence-corrected chi connectivity index (χ2v) is 3.90. The maximum Gasteiger partial charge on any atom is 0.162 e. The molecule has 0 saturated carbocycles. The van der Waals surface area contributed by atoms with Crippen molar-refractivity contribution in [2.75, 3.05) is 6.61 Å². The lowest BCUT2D eigenvalue weighted by molar-refractivity contribution is 0.0980. The molecule has 2 heteroatoms. The van der Waals surface area contributed by atoms with Crippen molar-refractivity contribution in [3.8, 4) is 5.75 Å². The highest BCUT2D eigenvalue weighted by Crippen LogP contribution is 2.14. The van der Waals surface area contributed by atoms with Crippen molar-refractivity contribution >= 4 is 5.78 Å². The fraction of sp³-hybridized carbons (Fsp3) is 0.500. The zero-order valence-corrected chi connectivity index (χ0v) is 10.2. The third kappa shape index (κ3) is 4.05. The van der Waals surface area contributed by atoms with Crippen LogP contribution in [0, 0.1) is 0 Å². The number of unbranched alkanes of at least 4 members (excludes halogenated alkanes) is 1. The van der Waals surface area contributed by atoms with E-state index < -0.39 is 0 Å². The Labute approximate surface area is 97.6 Å². The average molecular weight is 220 g/mol. The highest BCUT2D eigenvalue weighted by Gasteiger charge is 2.04. The van der Waals surface area contributed by atoms with Crippen molar-refractivity contribution in [3.05, 3.63) is 29.8 Å². The predicted molar refractivity (Wildman–Crippen MR) is 66.1 cm³/mol. The van der Waals surface area contributed by atoms with Crippen LogP contribution < -0.4 is 4.74 Å². The molecule has 0 fully saturated rings. The van der Waals surface area contributed by atoms with Crippen molar-refractivity contribution in [3.63, 3.8) is 0 Å². The predicted octanol–water partition coefficient (Wildman–Crippen LogP) is 3.85. The first-order chi connectivity index (χ1) is 7.77. The van der Waals surface area contributed by atoms with Crippen LogP contribution in [0.25, 0.3) is 0 Å². The van der Waals surface area contributed by atoms with Crippen molar-refractivity contribution in [1.29, 1.82) is 0 Å². The minimum atomic E-state index is 0.226. The standard InChI is InChI=1S/C14H20O2/c1-3-5-6-14(15)12-7-9-13(10-8-12)16-11-4-2/h7-10H,3-6,11H2,1-2H3. The van der Waals surface area contributed by atoms with E-state index in [1.165, 1.54) is 0 Å². The summed E-state index contributed by atoms with van der Waals surface area (Å²) in [6.45, 7) is 4.89. The van der Waals surface area contributed by atoms with E-state index in [0.29, 0.717) is 6.42 Å². The summed E-state index contributed by atoms with van der Waals surface area (Å²) in [6.07, 6.45) is 3.67.